The highest BCUT2D eigenvalue weighted by Gasteiger charge is 2.12. The first-order chi connectivity index (χ1) is 12.2. The molecule has 1 N–H and O–H groups in total. The fourth-order valence-corrected chi connectivity index (χ4v) is 3.69. The van der Waals surface area contributed by atoms with Crippen molar-refractivity contribution in [1.29, 1.82) is 0 Å². The third-order valence-electron chi connectivity index (χ3n) is 3.83. The minimum Gasteiger partial charge on any atom is -0.497 e. The topological polar surface area (TPSA) is 50.8 Å². The number of fused-ring (bicyclic) bond motifs is 1. The van der Waals surface area contributed by atoms with E-state index < -0.39 is 0 Å². The van der Waals surface area contributed by atoms with E-state index in [1.165, 1.54) is 11.8 Å². The van der Waals surface area contributed by atoms with Gasteiger partial charge in [-0.15, -0.1) is 0 Å². The summed E-state index contributed by atoms with van der Waals surface area (Å²) < 4.78 is 5.21. The molecule has 0 saturated heterocycles. The van der Waals surface area contributed by atoms with E-state index in [-0.39, 0.29) is 0 Å². The van der Waals surface area contributed by atoms with E-state index in [1.54, 1.807) is 13.4 Å². The normalized spacial score (nSPS) is 11.0. The Kier molecular flexibility index (Phi) is 4.34. The van der Waals surface area contributed by atoms with Crippen molar-refractivity contribution in [2.24, 2.45) is 0 Å². The van der Waals surface area contributed by atoms with E-state index >= 15 is 0 Å². The third-order valence-corrected chi connectivity index (χ3v) is 5.37. The van der Waals surface area contributed by atoms with Crippen LogP contribution in [0.2, 0.25) is 5.02 Å². The quantitative estimate of drug-likeness (QED) is 0.488. The van der Waals surface area contributed by atoms with Crippen LogP contribution in [0.25, 0.3) is 22.3 Å². The molecule has 0 spiro atoms. The fraction of sp³-hybridized carbons (Fsp3) is 0.0526. The first-order valence-electron chi connectivity index (χ1n) is 7.65. The summed E-state index contributed by atoms with van der Waals surface area (Å²) in [5, 5.41) is 2.55. The van der Waals surface area contributed by atoms with Gasteiger partial charge in [-0.3, -0.25) is 0 Å². The number of benzene rings is 2. The lowest BCUT2D eigenvalue weighted by molar-refractivity contribution is 0.415. The molecule has 6 heteroatoms. The van der Waals surface area contributed by atoms with E-state index in [0.717, 1.165) is 38.0 Å². The Balaban J connectivity index is 1.74. The van der Waals surface area contributed by atoms with Gasteiger partial charge in [0.05, 0.1) is 17.5 Å². The summed E-state index contributed by atoms with van der Waals surface area (Å²) in [6.07, 6.45) is 1.57. The maximum Gasteiger partial charge on any atom is 0.142 e. The Labute approximate surface area is 154 Å². The molecule has 0 atom stereocenters. The molecule has 2 heterocycles. The van der Waals surface area contributed by atoms with Gasteiger partial charge in [0.1, 0.15) is 22.7 Å². The first kappa shape index (κ1) is 16.0. The number of rotatable bonds is 4. The second kappa shape index (κ2) is 6.78. The van der Waals surface area contributed by atoms with Gasteiger partial charge in [-0.25, -0.2) is 9.97 Å². The van der Waals surface area contributed by atoms with Crippen LogP contribution in [0.5, 0.6) is 5.75 Å². The van der Waals surface area contributed by atoms with Crippen LogP contribution in [-0.4, -0.2) is 22.1 Å². The molecule has 0 radical (unpaired) electrons. The van der Waals surface area contributed by atoms with Gasteiger partial charge in [-0.2, -0.15) is 0 Å². The average Bonchev–Trinajstić information content (AvgIpc) is 3.09. The summed E-state index contributed by atoms with van der Waals surface area (Å²) >= 11 is 7.81. The van der Waals surface area contributed by atoms with E-state index in [1.807, 2.05) is 48.5 Å². The van der Waals surface area contributed by atoms with Crippen LogP contribution in [0.3, 0.4) is 0 Å². The van der Waals surface area contributed by atoms with E-state index in [0.29, 0.717) is 5.02 Å². The molecule has 0 bridgehead atoms. The van der Waals surface area contributed by atoms with Crippen molar-refractivity contribution in [2.75, 3.05) is 7.11 Å². The standard InChI is InChI=1S/C19H14ClN3OS/c1-24-13-8-6-12(7-9-13)16-10-14-18(23-16)21-11-22-19(14)25-17-5-3-2-4-15(17)20/h2-11H,1H3,(H,21,22,23). The van der Waals surface area contributed by atoms with Gasteiger partial charge in [0.15, 0.2) is 0 Å². The largest absolute Gasteiger partial charge is 0.497 e. The third kappa shape index (κ3) is 3.21. The van der Waals surface area contributed by atoms with Crippen molar-refractivity contribution >= 4 is 34.4 Å². The number of hydrogen-bond acceptors (Lipinski definition) is 4. The summed E-state index contributed by atoms with van der Waals surface area (Å²) in [4.78, 5) is 13.1. The molecule has 0 fully saturated rings. The molecule has 2 aromatic heterocycles. The Hall–Kier alpha value is -2.50. The van der Waals surface area contributed by atoms with E-state index in [4.69, 9.17) is 16.3 Å². The molecule has 124 valence electrons. The number of nitrogens with one attached hydrogen (secondary N) is 1. The molecule has 0 aliphatic heterocycles. The second-order valence-corrected chi connectivity index (χ2v) is 6.82. The molecule has 4 aromatic rings. The molecule has 0 aliphatic rings. The number of hydrogen-bond donors (Lipinski definition) is 1. The maximum absolute atomic E-state index is 6.27. The molecule has 4 nitrogen and oxygen atoms in total. The predicted molar refractivity (Wildman–Crippen MR) is 101 cm³/mol. The van der Waals surface area contributed by atoms with Gasteiger partial charge in [0, 0.05) is 10.6 Å². The molecular formula is C19H14ClN3OS. The minimum absolute atomic E-state index is 0.713. The Morgan fingerprint density at radius 1 is 1.04 bits per heavy atom. The summed E-state index contributed by atoms with van der Waals surface area (Å²) in [5.74, 6) is 0.828. The smallest absolute Gasteiger partial charge is 0.142 e. The predicted octanol–water partition coefficient (Wildman–Crippen LogP) is 5.44. The number of H-pyrrole nitrogens is 1. The van der Waals surface area contributed by atoms with Crippen LogP contribution in [0.1, 0.15) is 0 Å². The Morgan fingerprint density at radius 3 is 2.60 bits per heavy atom. The second-order valence-electron chi connectivity index (χ2n) is 5.39. The van der Waals surface area contributed by atoms with Gasteiger partial charge in [-0.05, 0) is 48.0 Å². The van der Waals surface area contributed by atoms with Gasteiger partial charge in [0.25, 0.3) is 0 Å². The Morgan fingerprint density at radius 2 is 1.84 bits per heavy atom. The number of ether oxygens (including phenoxy) is 1. The van der Waals surface area contributed by atoms with Crippen LogP contribution in [0.15, 0.2) is 70.8 Å². The maximum atomic E-state index is 6.27. The minimum atomic E-state index is 0.713. The summed E-state index contributed by atoms with van der Waals surface area (Å²) in [5.41, 5.74) is 2.85. The number of nitrogens with zero attached hydrogens (tertiary/aromatic N) is 2. The molecular weight excluding hydrogens is 354 g/mol. The molecule has 0 aliphatic carbocycles. The van der Waals surface area contributed by atoms with Gasteiger partial charge in [0.2, 0.25) is 0 Å². The average molecular weight is 368 g/mol. The summed E-state index contributed by atoms with van der Waals surface area (Å²) in [6.45, 7) is 0. The van der Waals surface area contributed by atoms with Gasteiger partial charge in [-0.1, -0.05) is 35.5 Å². The molecule has 25 heavy (non-hydrogen) atoms. The van der Waals surface area contributed by atoms with Crippen molar-refractivity contribution in [1.82, 2.24) is 15.0 Å². The zero-order chi connectivity index (χ0) is 17.2. The molecule has 0 saturated carbocycles. The lowest BCUT2D eigenvalue weighted by atomic mass is 10.1. The van der Waals surface area contributed by atoms with Crippen LogP contribution in [0, 0.1) is 0 Å². The van der Waals surface area contributed by atoms with Crippen molar-refractivity contribution in [3.63, 3.8) is 0 Å². The van der Waals surface area contributed by atoms with E-state index in [9.17, 15) is 0 Å². The number of aromatic nitrogens is 3. The van der Waals surface area contributed by atoms with Gasteiger partial charge < -0.3 is 9.72 Å². The lowest BCUT2D eigenvalue weighted by Gasteiger charge is -2.03. The molecule has 0 amide bonds. The molecule has 0 unspecified atom stereocenters. The van der Waals surface area contributed by atoms with Crippen molar-refractivity contribution in [2.45, 2.75) is 9.92 Å². The van der Waals surface area contributed by atoms with Gasteiger partial charge >= 0.3 is 0 Å². The van der Waals surface area contributed by atoms with Crippen LogP contribution in [0.4, 0.5) is 0 Å². The van der Waals surface area contributed by atoms with E-state index in [2.05, 4.69) is 21.0 Å². The fourth-order valence-electron chi connectivity index (χ4n) is 2.56. The van der Waals surface area contributed by atoms with Crippen LogP contribution >= 0.6 is 23.4 Å². The van der Waals surface area contributed by atoms with Crippen molar-refractivity contribution in [3.8, 4) is 17.0 Å². The molecule has 4 rings (SSSR count). The Bertz CT molecular complexity index is 1030. The molecule has 2 aromatic carbocycles. The summed E-state index contributed by atoms with van der Waals surface area (Å²) in [6, 6.07) is 17.7. The van der Waals surface area contributed by atoms with Crippen LogP contribution in [-0.2, 0) is 0 Å². The van der Waals surface area contributed by atoms with Crippen molar-refractivity contribution in [3.05, 3.63) is 65.9 Å². The number of halogens is 1. The highest BCUT2D eigenvalue weighted by Crippen LogP contribution is 2.36. The van der Waals surface area contributed by atoms with Crippen LogP contribution < -0.4 is 4.74 Å². The first-order valence-corrected chi connectivity index (χ1v) is 8.84. The zero-order valence-electron chi connectivity index (χ0n) is 13.4. The highest BCUT2D eigenvalue weighted by molar-refractivity contribution is 7.99. The number of aromatic amines is 1. The monoisotopic (exact) mass is 367 g/mol. The van der Waals surface area contributed by atoms with Crippen molar-refractivity contribution < 1.29 is 4.74 Å². The zero-order valence-corrected chi connectivity index (χ0v) is 14.9. The lowest BCUT2D eigenvalue weighted by Crippen LogP contribution is -1.85. The highest BCUT2D eigenvalue weighted by atomic mass is 35.5. The summed E-state index contributed by atoms with van der Waals surface area (Å²) in [7, 11) is 1.66. The number of methoxy groups -OCH3 is 1. The SMILES string of the molecule is COc1ccc(-c2cc3c(Sc4ccccc4Cl)ncnc3[nH]2)cc1.